The zero-order chi connectivity index (χ0) is 13.1. The van der Waals surface area contributed by atoms with Gasteiger partial charge in [0.25, 0.3) is 0 Å². The average Bonchev–Trinajstić information content (AvgIpc) is 2.29. The first-order valence-electron chi connectivity index (χ1n) is 6.32. The van der Waals surface area contributed by atoms with Crippen LogP contribution in [-0.2, 0) is 4.79 Å². The molecule has 1 aromatic carbocycles. The van der Waals surface area contributed by atoms with Gasteiger partial charge < -0.3 is 5.11 Å². The monoisotopic (exact) mass is 236 g/mol. The van der Waals surface area contributed by atoms with Crippen LogP contribution in [0.25, 0.3) is 0 Å². The van der Waals surface area contributed by atoms with Crippen LogP contribution in [0.2, 0.25) is 0 Å². The van der Waals surface area contributed by atoms with E-state index in [0.717, 1.165) is 19.3 Å². The van der Waals surface area contributed by atoms with Crippen molar-refractivity contribution in [3.63, 3.8) is 0 Å². The lowest BCUT2D eigenvalue weighted by molar-refractivity contribution is -0.137. The maximum absolute atomic E-state index is 9.96. The maximum atomic E-state index is 9.96. The first-order chi connectivity index (χ1) is 8.07. The largest absolute Gasteiger partial charge is 0.481 e. The Balaban J connectivity index is 0.000000302. The Labute approximate surface area is 105 Å². The highest BCUT2D eigenvalue weighted by molar-refractivity contribution is 5.66. The lowest BCUT2D eigenvalue weighted by atomic mass is 10.1. The second-order valence-corrected chi connectivity index (χ2v) is 4.29. The first kappa shape index (κ1) is 15.7. The SMILES string of the molecule is CCCCCCC(=O)O.Cc1ccccc1C. The van der Waals surface area contributed by atoms with Crippen LogP contribution in [0.15, 0.2) is 24.3 Å². The fourth-order valence-electron chi connectivity index (χ4n) is 1.37. The van der Waals surface area contributed by atoms with Crippen LogP contribution in [-0.4, -0.2) is 11.1 Å². The third-order valence-corrected chi connectivity index (χ3v) is 2.67. The smallest absolute Gasteiger partial charge is 0.303 e. The van der Waals surface area contributed by atoms with Crippen LogP contribution in [0, 0.1) is 13.8 Å². The number of carboxylic acid groups (broad SMARTS) is 1. The highest BCUT2D eigenvalue weighted by Gasteiger charge is 1.93. The molecule has 0 amide bonds. The molecule has 0 saturated carbocycles. The van der Waals surface area contributed by atoms with E-state index in [-0.39, 0.29) is 0 Å². The normalized spacial score (nSPS) is 9.35. The van der Waals surface area contributed by atoms with Crippen molar-refractivity contribution >= 4 is 5.97 Å². The molecule has 2 nitrogen and oxygen atoms in total. The van der Waals surface area contributed by atoms with Gasteiger partial charge in [-0.25, -0.2) is 0 Å². The van der Waals surface area contributed by atoms with Gasteiger partial charge in [-0.15, -0.1) is 0 Å². The van der Waals surface area contributed by atoms with E-state index in [1.807, 2.05) is 0 Å². The summed E-state index contributed by atoms with van der Waals surface area (Å²) in [5.41, 5.74) is 2.74. The third-order valence-electron chi connectivity index (χ3n) is 2.67. The van der Waals surface area contributed by atoms with Crippen molar-refractivity contribution in [2.24, 2.45) is 0 Å². The van der Waals surface area contributed by atoms with Crippen LogP contribution >= 0.6 is 0 Å². The Kier molecular flexibility index (Phi) is 9.12. The Hall–Kier alpha value is -1.31. The van der Waals surface area contributed by atoms with Crippen LogP contribution < -0.4 is 0 Å². The van der Waals surface area contributed by atoms with E-state index in [1.165, 1.54) is 17.5 Å². The summed E-state index contributed by atoms with van der Waals surface area (Å²) in [5, 5.41) is 8.21. The molecule has 0 saturated heterocycles. The molecule has 0 radical (unpaired) electrons. The van der Waals surface area contributed by atoms with E-state index in [0.29, 0.717) is 6.42 Å². The molecule has 0 atom stereocenters. The van der Waals surface area contributed by atoms with Crippen LogP contribution in [0.5, 0.6) is 0 Å². The number of unbranched alkanes of at least 4 members (excludes halogenated alkanes) is 3. The standard InChI is InChI=1S/C8H10.C7H14O2/c1-7-5-3-4-6-8(7)2;1-2-3-4-5-6-7(8)9/h3-6H,1-2H3;2-6H2,1H3,(H,8,9). The van der Waals surface area contributed by atoms with E-state index in [9.17, 15) is 4.79 Å². The molecular weight excluding hydrogens is 212 g/mol. The molecule has 0 unspecified atom stereocenters. The molecule has 1 rings (SSSR count). The number of carboxylic acids is 1. The molecule has 0 aliphatic rings. The fraction of sp³-hybridized carbons (Fsp3) is 0.533. The third kappa shape index (κ3) is 9.61. The zero-order valence-corrected chi connectivity index (χ0v) is 11.2. The van der Waals surface area contributed by atoms with Gasteiger partial charge in [0.1, 0.15) is 0 Å². The number of aryl methyl sites for hydroxylation is 2. The molecule has 0 aliphatic carbocycles. The number of hydrogen-bond acceptors (Lipinski definition) is 1. The number of rotatable bonds is 5. The fourth-order valence-corrected chi connectivity index (χ4v) is 1.37. The van der Waals surface area contributed by atoms with Crippen molar-refractivity contribution in [1.82, 2.24) is 0 Å². The van der Waals surface area contributed by atoms with Gasteiger partial charge in [-0.3, -0.25) is 4.79 Å². The Bertz CT molecular complexity index is 297. The van der Waals surface area contributed by atoms with Gasteiger partial charge in [-0.1, -0.05) is 50.5 Å². The lowest BCUT2D eigenvalue weighted by Gasteiger charge is -1.93. The molecule has 1 aromatic rings. The van der Waals surface area contributed by atoms with Crippen molar-refractivity contribution in [2.75, 3.05) is 0 Å². The Morgan fingerprint density at radius 1 is 1.06 bits per heavy atom. The summed E-state index contributed by atoms with van der Waals surface area (Å²) in [6, 6.07) is 8.36. The van der Waals surface area contributed by atoms with Crippen molar-refractivity contribution in [3.8, 4) is 0 Å². The summed E-state index contributed by atoms with van der Waals surface area (Å²) in [7, 11) is 0. The summed E-state index contributed by atoms with van der Waals surface area (Å²) in [6.45, 7) is 6.35. The van der Waals surface area contributed by atoms with Crippen LogP contribution in [0.4, 0.5) is 0 Å². The van der Waals surface area contributed by atoms with Gasteiger partial charge in [0.2, 0.25) is 0 Å². The molecule has 17 heavy (non-hydrogen) atoms. The van der Waals surface area contributed by atoms with E-state index in [2.05, 4.69) is 45.0 Å². The van der Waals surface area contributed by atoms with Gasteiger partial charge in [-0.2, -0.15) is 0 Å². The molecule has 0 fully saturated rings. The minimum Gasteiger partial charge on any atom is -0.481 e. The quantitative estimate of drug-likeness (QED) is 0.772. The Morgan fingerprint density at radius 3 is 1.94 bits per heavy atom. The average molecular weight is 236 g/mol. The van der Waals surface area contributed by atoms with Gasteiger partial charge in [-0.05, 0) is 31.4 Å². The van der Waals surface area contributed by atoms with Gasteiger partial charge in [0.05, 0.1) is 0 Å². The molecule has 0 bridgehead atoms. The zero-order valence-electron chi connectivity index (χ0n) is 11.2. The van der Waals surface area contributed by atoms with E-state index < -0.39 is 5.97 Å². The topological polar surface area (TPSA) is 37.3 Å². The lowest BCUT2D eigenvalue weighted by Crippen LogP contribution is -1.92. The highest BCUT2D eigenvalue weighted by Crippen LogP contribution is 2.02. The summed E-state index contributed by atoms with van der Waals surface area (Å²) in [6.07, 6.45) is 4.55. The van der Waals surface area contributed by atoms with Crippen molar-refractivity contribution in [3.05, 3.63) is 35.4 Å². The number of hydrogen-bond donors (Lipinski definition) is 1. The summed E-state index contributed by atoms with van der Waals surface area (Å²) >= 11 is 0. The first-order valence-corrected chi connectivity index (χ1v) is 6.32. The molecule has 2 heteroatoms. The minimum absolute atomic E-state index is 0.333. The second kappa shape index (κ2) is 9.88. The second-order valence-electron chi connectivity index (χ2n) is 4.29. The van der Waals surface area contributed by atoms with Crippen molar-refractivity contribution in [1.29, 1.82) is 0 Å². The predicted molar refractivity (Wildman–Crippen MR) is 72.3 cm³/mol. The number of aliphatic carboxylic acids is 1. The minimum atomic E-state index is -0.675. The van der Waals surface area contributed by atoms with Crippen LogP contribution in [0.3, 0.4) is 0 Å². The Morgan fingerprint density at radius 2 is 1.59 bits per heavy atom. The van der Waals surface area contributed by atoms with Crippen LogP contribution in [0.1, 0.15) is 50.2 Å². The summed E-state index contributed by atoms with van der Waals surface area (Å²) < 4.78 is 0. The summed E-state index contributed by atoms with van der Waals surface area (Å²) in [5.74, 6) is -0.675. The van der Waals surface area contributed by atoms with Gasteiger partial charge in [0.15, 0.2) is 0 Å². The van der Waals surface area contributed by atoms with Crippen molar-refractivity contribution < 1.29 is 9.90 Å². The number of carbonyl (C=O) groups is 1. The molecule has 0 aliphatic heterocycles. The molecule has 0 heterocycles. The highest BCUT2D eigenvalue weighted by atomic mass is 16.4. The summed E-state index contributed by atoms with van der Waals surface area (Å²) in [4.78, 5) is 9.96. The predicted octanol–water partition coefficient (Wildman–Crippen LogP) is 4.34. The number of benzene rings is 1. The van der Waals surface area contributed by atoms with Gasteiger partial charge >= 0.3 is 5.97 Å². The van der Waals surface area contributed by atoms with E-state index >= 15 is 0 Å². The van der Waals surface area contributed by atoms with E-state index in [1.54, 1.807) is 0 Å². The molecular formula is C15H24O2. The molecule has 1 N–H and O–H groups in total. The van der Waals surface area contributed by atoms with Gasteiger partial charge in [0, 0.05) is 6.42 Å². The molecule has 0 aromatic heterocycles. The van der Waals surface area contributed by atoms with Crippen molar-refractivity contribution in [2.45, 2.75) is 52.9 Å². The molecule has 0 spiro atoms. The molecule has 96 valence electrons. The van der Waals surface area contributed by atoms with E-state index in [4.69, 9.17) is 5.11 Å². The maximum Gasteiger partial charge on any atom is 0.303 e.